The Bertz CT molecular complexity index is 687. The molecular weight excluding hydrogens is 314 g/mol. The number of benzene rings is 1. The van der Waals surface area contributed by atoms with Crippen LogP contribution < -0.4 is 10.6 Å². The number of nitrogens with one attached hydrogen (secondary N) is 2. The van der Waals surface area contributed by atoms with Gasteiger partial charge in [0.25, 0.3) is 0 Å². The van der Waals surface area contributed by atoms with Crippen LogP contribution in [0.2, 0.25) is 0 Å². The van der Waals surface area contributed by atoms with Crippen LogP contribution in [0.4, 0.5) is 13.6 Å². The van der Waals surface area contributed by atoms with Gasteiger partial charge in [0.1, 0.15) is 17.5 Å². The van der Waals surface area contributed by atoms with Gasteiger partial charge in [0.2, 0.25) is 0 Å². The second kappa shape index (κ2) is 8.42. The van der Waals surface area contributed by atoms with Crippen molar-refractivity contribution in [1.82, 2.24) is 20.2 Å². The van der Waals surface area contributed by atoms with Crippen molar-refractivity contribution in [1.29, 1.82) is 0 Å². The highest BCUT2D eigenvalue weighted by atomic mass is 19.1. The molecule has 0 saturated carbocycles. The van der Waals surface area contributed by atoms with E-state index in [0.29, 0.717) is 13.0 Å². The largest absolute Gasteiger partial charge is 0.338 e. The number of rotatable bonds is 7. The first-order valence-electron chi connectivity index (χ1n) is 7.98. The van der Waals surface area contributed by atoms with Gasteiger partial charge in [-0.25, -0.2) is 18.6 Å². The Kier molecular flexibility index (Phi) is 6.28. The van der Waals surface area contributed by atoms with Crippen molar-refractivity contribution in [3.8, 4) is 0 Å². The van der Waals surface area contributed by atoms with Gasteiger partial charge in [-0.15, -0.1) is 0 Å². The van der Waals surface area contributed by atoms with Gasteiger partial charge < -0.3 is 15.2 Å². The Morgan fingerprint density at radius 1 is 1.38 bits per heavy atom. The molecule has 0 spiro atoms. The monoisotopic (exact) mass is 336 g/mol. The third-order valence-corrected chi connectivity index (χ3v) is 3.83. The molecule has 1 heterocycles. The number of aryl methyl sites for hydroxylation is 2. The van der Waals surface area contributed by atoms with Crippen LogP contribution in [0.1, 0.15) is 37.2 Å². The lowest BCUT2D eigenvalue weighted by atomic mass is 10.0. The molecule has 0 saturated heterocycles. The standard InChI is InChI=1S/C17H22F2N4O/c1-3-16(14-11-13(18)5-6-15(14)19)22-17(24)21-7-4-9-23-10-8-20-12(23)2/h5-6,8,10-11,16H,3-4,7,9H2,1-2H3,(H2,21,22,24)/t16-/m1/s1. The molecule has 1 aromatic heterocycles. The zero-order valence-electron chi connectivity index (χ0n) is 13.9. The summed E-state index contributed by atoms with van der Waals surface area (Å²) in [7, 11) is 0. The van der Waals surface area contributed by atoms with E-state index in [9.17, 15) is 13.6 Å². The second-order valence-electron chi connectivity index (χ2n) is 5.55. The molecule has 2 N–H and O–H groups in total. The van der Waals surface area contributed by atoms with Crippen LogP contribution in [-0.2, 0) is 6.54 Å². The molecule has 24 heavy (non-hydrogen) atoms. The normalized spacial score (nSPS) is 12.0. The molecule has 2 aromatic rings. The zero-order chi connectivity index (χ0) is 17.5. The van der Waals surface area contributed by atoms with Gasteiger partial charge in [0, 0.05) is 31.0 Å². The number of imidazole rings is 1. The fraction of sp³-hybridized carbons (Fsp3) is 0.412. The number of nitrogens with zero attached hydrogens (tertiary/aromatic N) is 2. The van der Waals surface area contributed by atoms with E-state index in [-0.39, 0.29) is 5.56 Å². The summed E-state index contributed by atoms with van der Waals surface area (Å²) in [6, 6.07) is 2.28. The highest BCUT2D eigenvalue weighted by molar-refractivity contribution is 5.74. The van der Waals surface area contributed by atoms with E-state index in [2.05, 4.69) is 15.6 Å². The SMILES string of the molecule is CC[C@@H](NC(=O)NCCCn1ccnc1C)c1cc(F)ccc1F. The molecule has 1 atom stereocenters. The molecule has 2 amide bonds. The number of carbonyl (C=O) groups excluding carboxylic acids is 1. The Morgan fingerprint density at radius 3 is 2.83 bits per heavy atom. The van der Waals surface area contributed by atoms with E-state index in [4.69, 9.17) is 0 Å². The number of amides is 2. The van der Waals surface area contributed by atoms with Gasteiger partial charge in [-0.05, 0) is 38.0 Å². The summed E-state index contributed by atoms with van der Waals surface area (Å²) in [6.45, 7) is 4.95. The van der Waals surface area contributed by atoms with Crippen molar-refractivity contribution in [2.75, 3.05) is 6.54 Å². The first-order chi connectivity index (χ1) is 11.5. The fourth-order valence-electron chi connectivity index (χ4n) is 2.48. The average Bonchev–Trinajstić information content (AvgIpc) is 2.97. The summed E-state index contributed by atoms with van der Waals surface area (Å²) in [4.78, 5) is 16.1. The highest BCUT2D eigenvalue weighted by Crippen LogP contribution is 2.21. The number of aromatic nitrogens is 2. The Balaban J connectivity index is 1.81. The molecule has 7 heteroatoms. The maximum atomic E-state index is 13.8. The minimum Gasteiger partial charge on any atom is -0.338 e. The maximum Gasteiger partial charge on any atom is 0.315 e. The van der Waals surface area contributed by atoms with Gasteiger partial charge in [-0.3, -0.25) is 0 Å². The summed E-state index contributed by atoms with van der Waals surface area (Å²) in [6.07, 6.45) is 4.82. The fourth-order valence-corrected chi connectivity index (χ4v) is 2.48. The summed E-state index contributed by atoms with van der Waals surface area (Å²) in [5.41, 5.74) is 0.154. The molecule has 0 fully saturated rings. The molecule has 130 valence electrons. The first-order valence-corrected chi connectivity index (χ1v) is 7.98. The molecule has 0 aliphatic carbocycles. The molecular formula is C17H22F2N4O. The maximum absolute atomic E-state index is 13.8. The molecule has 0 unspecified atom stereocenters. The van der Waals surface area contributed by atoms with Crippen molar-refractivity contribution >= 4 is 6.03 Å². The van der Waals surface area contributed by atoms with E-state index in [1.807, 2.05) is 17.7 Å². The molecule has 1 aromatic carbocycles. The van der Waals surface area contributed by atoms with Crippen LogP contribution >= 0.6 is 0 Å². The van der Waals surface area contributed by atoms with E-state index >= 15 is 0 Å². The number of hydrogen-bond acceptors (Lipinski definition) is 2. The molecule has 0 aliphatic rings. The molecule has 0 radical (unpaired) electrons. The highest BCUT2D eigenvalue weighted by Gasteiger charge is 2.17. The van der Waals surface area contributed by atoms with Gasteiger partial charge in [-0.1, -0.05) is 6.92 Å². The van der Waals surface area contributed by atoms with Crippen molar-refractivity contribution in [2.45, 2.75) is 39.3 Å². The van der Waals surface area contributed by atoms with Crippen molar-refractivity contribution in [3.63, 3.8) is 0 Å². The van der Waals surface area contributed by atoms with Gasteiger partial charge in [-0.2, -0.15) is 0 Å². The smallest absolute Gasteiger partial charge is 0.315 e. The summed E-state index contributed by atoms with van der Waals surface area (Å²) in [5, 5.41) is 5.41. The lowest BCUT2D eigenvalue weighted by Gasteiger charge is -2.18. The summed E-state index contributed by atoms with van der Waals surface area (Å²) >= 11 is 0. The average molecular weight is 336 g/mol. The van der Waals surface area contributed by atoms with Crippen molar-refractivity contribution in [2.24, 2.45) is 0 Å². The number of halogens is 2. The quantitative estimate of drug-likeness (QED) is 0.762. The lowest BCUT2D eigenvalue weighted by molar-refractivity contribution is 0.236. The van der Waals surface area contributed by atoms with Gasteiger partial charge >= 0.3 is 6.03 Å². The van der Waals surface area contributed by atoms with E-state index in [1.54, 1.807) is 13.1 Å². The van der Waals surface area contributed by atoms with Gasteiger partial charge in [0.05, 0.1) is 6.04 Å². The lowest BCUT2D eigenvalue weighted by Crippen LogP contribution is -2.38. The molecule has 0 bridgehead atoms. The summed E-state index contributed by atoms with van der Waals surface area (Å²) < 4.78 is 29.1. The van der Waals surface area contributed by atoms with Crippen LogP contribution in [0.5, 0.6) is 0 Å². The predicted octanol–water partition coefficient (Wildman–Crippen LogP) is 3.31. The third kappa shape index (κ3) is 4.78. The Hall–Kier alpha value is -2.44. The van der Waals surface area contributed by atoms with Gasteiger partial charge in [0.15, 0.2) is 0 Å². The molecule has 5 nitrogen and oxygen atoms in total. The first kappa shape index (κ1) is 17.9. The van der Waals surface area contributed by atoms with Crippen LogP contribution in [0.25, 0.3) is 0 Å². The van der Waals surface area contributed by atoms with Crippen LogP contribution in [0.15, 0.2) is 30.6 Å². The molecule has 0 aliphatic heterocycles. The zero-order valence-corrected chi connectivity index (χ0v) is 13.9. The Morgan fingerprint density at radius 2 is 2.17 bits per heavy atom. The van der Waals surface area contributed by atoms with Crippen LogP contribution in [-0.4, -0.2) is 22.1 Å². The van der Waals surface area contributed by atoms with Crippen LogP contribution in [0.3, 0.4) is 0 Å². The van der Waals surface area contributed by atoms with E-state index in [1.165, 1.54) is 0 Å². The van der Waals surface area contributed by atoms with Crippen molar-refractivity contribution in [3.05, 3.63) is 53.6 Å². The minimum absolute atomic E-state index is 0.154. The minimum atomic E-state index is -0.573. The predicted molar refractivity (Wildman–Crippen MR) is 87.5 cm³/mol. The van der Waals surface area contributed by atoms with Crippen LogP contribution in [0, 0.1) is 18.6 Å². The summed E-state index contributed by atoms with van der Waals surface area (Å²) in [5.74, 6) is -0.131. The topological polar surface area (TPSA) is 59.0 Å². The molecule has 2 rings (SSSR count). The number of hydrogen-bond donors (Lipinski definition) is 2. The third-order valence-electron chi connectivity index (χ3n) is 3.83. The number of urea groups is 1. The van der Waals surface area contributed by atoms with E-state index in [0.717, 1.165) is 37.0 Å². The Labute approximate surface area is 140 Å². The van der Waals surface area contributed by atoms with E-state index < -0.39 is 23.7 Å². The number of carbonyl (C=O) groups is 1. The van der Waals surface area contributed by atoms with Crippen molar-refractivity contribution < 1.29 is 13.6 Å². The second-order valence-corrected chi connectivity index (χ2v) is 5.55.